The van der Waals surface area contributed by atoms with Crippen LogP contribution in [0.2, 0.25) is 0 Å². The molecule has 9 heteroatoms. The van der Waals surface area contributed by atoms with E-state index in [0.29, 0.717) is 30.0 Å². The first-order valence-electron chi connectivity index (χ1n) is 14.8. The molecule has 6 nitrogen and oxygen atoms in total. The van der Waals surface area contributed by atoms with Gasteiger partial charge in [-0.05, 0) is 70.2 Å². The second kappa shape index (κ2) is 12.1. The number of piperidine rings is 1. The van der Waals surface area contributed by atoms with Crippen molar-refractivity contribution in [2.45, 2.75) is 70.8 Å². The lowest BCUT2D eigenvalue weighted by Crippen LogP contribution is -2.62. The average Bonchev–Trinajstić information content (AvgIpc) is 2.96. The molecule has 0 N–H and O–H groups in total. The van der Waals surface area contributed by atoms with Crippen molar-refractivity contribution in [2.75, 3.05) is 32.7 Å². The fourth-order valence-corrected chi connectivity index (χ4v) is 6.65. The Morgan fingerprint density at radius 3 is 2.14 bits per heavy atom. The molecule has 3 heterocycles. The van der Waals surface area contributed by atoms with E-state index in [2.05, 4.69) is 45.7 Å². The van der Waals surface area contributed by atoms with Crippen LogP contribution in [0.3, 0.4) is 0 Å². The Hall–Kier alpha value is -3.30. The number of aryl methyl sites for hydroxylation is 2. The summed E-state index contributed by atoms with van der Waals surface area (Å²) in [4.78, 5) is 28.7. The number of amides is 1. The predicted molar refractivity (Wildman–Crippen MR) is 157 cm³/mol. The number of hydrogen-bond acceptors (Lipinski definition) is 5. The highest BCUT2D eigenvalue weighted by atomic mass is 19.4. The Morgan fingerprint density at radius 2 is 1.57 bits per heavy atom. The van der Waals surface area contributed by atoms with Crippen LogP contribution >= 0.6 is 0 Å². The Kier molecular flexibility index (Phi) is 8.71. The van der Waals surface area contributed by atoms with E-state index in [0.717, 1.165) is 50.0 Å². The molecule has 1 aromatic heterocycles. The van der Waals surface area contributed by atoms with E-state index < -0.39 is 11.7 Å². The van der Waals surface area contributed by atoms with Crippen molar-refractivity contribution in [1.82, 2.24) is 24.7 Å². The molecule has 0 aliphatic carbocycles. The number of alkyl halides is 3. The van der Waals surface area contributed by atoms with Gasteiger partial charge in [0.05, 0.1) is 22.5 Å². The Labute approximate surface area is 246 Å². The van der Waals surface area contributed by atoms with Crippen LogP contribution < -0.4 is 0 Å². The van der Waals surface area contributed by atoms with Crippen molar-refractivity contribution in [2.24, 2.45) is 0 Å². The molecule has 2 atom stereocenters. The number of likely N-dealkylation sites (tertiary alicyclic amines) is 1. The first-order valence-corrected chi connectivity index (χ1v) is 14.8. The third-order valence-electron chi connectivity index (χ3n) is 9.31. The van der Waals surface area contributed by atoms with Gasteiger partial charge < -0.3 is 4.90 Å². The zero-order chi connectivity index (χ0) is 30.1. The molecular weight excluding hydrogens is 539 g/mol. The molecule has 2 unspecified atom stereocenters. The third kappa shape index (κ3) is 6.37. The summed E-state index contributed by atoms with van der Waals surface area (Å²) < 4.78 is 39.9. The van der Waals surface area contributed by atoms with Crippen LogP contribution in [0.25, 0.3) is 0 Å². The SMILES string of the molecule is Cc1ncnc(C)c1C(=O)N1CCC(C)(N2CCN(C(Cc3ccccc3)c3ccc(C(F)(F)F)cc3)C(C)C2)CC1. The highest BCUT2D eigenvalue weighted by molar-refractivity contribution is 5.96. The Bertz CT molecular complexity index is 1350. The van der Waals surface area contributed by atoms with Gasteiger partial charge in [-0.1, -0.05) is 42.5 Å². The maximum Gasteiger partial charge on any atom is 0.416 e. The molecule has 42 heavy (non-hydrogen) atoms. The van der Waals surface area contributed by atoms with Gasteiger partial charge >= 0.3 is 6.18 Å². The number of halogens is 3. The van der Waals surface area contributed by atoms with Crippen LogP contribution in [0.4, 0.5) is 13.2 Å². The molecular formula is C33H40F3N5O. The normalized spacial score (nSPS) is 20.8. The maximum atomic E-state index is 13.3. The molecule has 224 valence electrons. The van der Waals surface area contributed by atoms with Gasteiger partial charge in [0.1, 0.15) is 6.33 Å². The van der Waals surface area contributed by atoms with Gasteiger partial charge in [0.15, 0.2) is 0 Å². The van der Waals surface area contributed by atoms with Crippen LogP contribution in [0.15, 0.2) is 60.9 Å². The fraction of sp³-hybridized carbons (Fsp3) is 0.485. The van der Waals surface area contributed by atoms with Crippen molar-refractivity contribution in [1.29, 1.82) is 0 Å². The predicted octanol–water partition coefficient (Wildman–Crippen LogP) is 6.10. The second-order valence-electron chi connectivity index (χ2n) is 12.1. The lowest BCUT2D eigenvalue weighted by Gasteiger charge is -2.53. The summed E-state index contributed by atoms with van der Waals surface area (Å²) in [6.45, 7) is 12.1. The van der Waals surface area contributed by atoms with Gasteiger partial charge in [0, 0.05) is 50.3 Å². The molecule has 0 radical (unpaired) electrons. The minimum Gasteiger partial charge on any atom is -0.338 e. The van der Waals surface area contributed by atoms with E-state index in [1.807, 2.05) is 36.9 Å². The van der Waals surface area contributed by atoms with Crippen LogP contribution in [0, 0.1) is 13.8 Å². The molecule has 0 spiro atoms. The quantitative estimate of drug-likeness (QED) is 0.354. The van der Waals surface area contributed by atoms with Gasteiger partial charge in [-0.25, -0.2) is 9.97 Å². The summed E-state index contributed by atoms with van der Waals surface area (Å²) in [6, 6.07) is 16.0. The molecule has 2 aliphatic heterocycles. The van der Waals surface area contributed by atoms with Gasteiger partial charge in [0.2, 0.25) is 0 Å². The number of carbonyl (C=O) groups is 1. The van der Waals surface area contributed by atoms with Crippen LogP contribution in [-0.4, -0.2) is 74.9 Å². The molecule has 1 amide bonds. The zero-order valence-electron chi connectivity index (χ0n) is 24.9. The van der Waals surface area contributed by atoms with Gasteiger partial charge in [-0.2, -0.15) is 13.2 Å². The largest absolute Gasteiger partial charge is 0.416 e. The zero-order valence-corrected chi connectivity index (χ0v) is 24.9. The summed E-state index contributed by atoms with van der Waals surface area (Å²) in [5, 5.41) is 0. The standard InChI is InChI=1S/C33H40F3N5O/c1-23-21-40(32(4)14-16-39(17-15-32)31(42)30-24(2)37-22-38-25(30)3)18-19-41(23)29(20-26-8-6-5-7-9-26)27-10-12-28(13-11-27)33(34,35)36/h5-13,22-23,29H,14-21H2,1-4H3. The van der Waals surface area contributed by atoms with Crippen molar-refractivity contribution in [3.63, 3.8) is 0 Å². The summed E-state index contributed by atoms with van der Waals surface area (Å²) in [7, 11) is 0. The lowest BCUT2D eigenvalue weighted by atomic mass is 9.85. The van der Waals surface area contributed by atoms with E-state index in [1.54, 1.807) is 12.1 Å². The maximum absolute atomic E-state index is 13.3. The summed E-state index contributed by atoms with van der Waals surface area (Å²) in [6.07, 6.45) is -0.369. The molecule has 2 saturated heterocycles. The molecule has 2 aliphatic rings. The van der Waals surface area contributed by atoms with Crippen molar-refractivity contribution < 1.29 is 18.0 Å². The van der Waals surface area contributed by atoms with Gasteiger partial charge in [-0.3, -0.25) is 14.6 Å². The smallest absolute Gasteiger partial charge is 0.338 e. The monoisotopic (exact) mass is 579 g/mol. The highest BCUT2D eigenvalue weighted by Gasteiger charge is 2.41. The fourth-order valence-electron chi connectivity index (χ4n) is 6.65. The summed E-state index contributed by atoms with van der Waals surface area (Å²) >= 11 is 0. The number of carbonyl (C=O) groups excluding carboxylic acids is 1. The first-order chi connectivity index (χ1) is 20.0. The average molecular weight is 580 g/mol. The van der Waals surface area contributed by atoms with Gasteiger partial charge in [0.25, 0.3) is 5.91 Å². The number of nitrogens with zero attached hydrogens (tertiary/aromatic N) is 5. The van der Waals surface area contributed by atoms with Gasteiger partial charge in [-0.15, -0.1) is 0 Å². The minimum atomic E-state index is -4.35. The molecule has 0 saturated carbocycles. The number of benzene rings is 2. The van der Waals surface area contributed by atoms with E-state index in [4.69, 9.17) is 0 Å². The molecule has 0 bridgehead atoms. The topological polar surface area (TPSA) is 52.6 Å². The van der Waals surface area contributed by atoms with Crippen LogP contribution in [0.1, 0.15) is 71.2 Å². The van der Waals surface area contributed by atoms with E-state index in [9.17, 15) is 18.0 Å². The third-order valence-corrected chi connectivity index (χ3v) is 9.31. The molecule has 3 aromatic rings. The molecule has 5 rings (SSSR count). The number of hydrogen-bond donors (Lipinski definition) is 0. The molecule has 2 fully saturated rings. The van der Waals surface area contributed by atoms with Crippen molar-refractivity contribution >= 4 is 5.91 Å². The van der Waals surface area contributed by atoms with Crippen molar-refractivity contribution in [3.8, 4) is 0 Å². The van der Waals surface area contributed by atoms with E-state index in [1.165, 1.54) is 18.5 Å². The summed E-state index contributed by atoms with van der Waals surface area (Å²) in [5.74, 6) is 0.00568. The Balaban J connectivity index is 1.28. The van der Waals surface area contributed by atoms with E-state index in [-0.39, 0.29) is 23.5 Å². The second-order valence-corrected chi connectivity index (χ2v) is 12.1. The van der Waals surface area contributed by atoms with Crippen molar-refractivity contribution in [3.05, 3.63) is 94.6 Å². The van der Waals surface area contributed by atoms with E-state index >= 15 is 0 Å². The Morgan fingerprint density at radius 1 is 0.952 bits per heavy atom. The first kappa shape index (κ1) is 30.2. The van der Waals surface area contributed by atoms with Crippen LogP contribution in [0.5, 0.6) is 0 Å². The number of aromatic nitrogens is 2. The minimum absolute atomic E-state index is 0.00568. The van der Waals surface area contributed by atoms with Crippen LogP contribution in [-0.2, 0) is 12.6 Å². The highest BCUT2D eigenvalue weighted by Crippen LogP contribution is 2.36. The number of rotatable bonds is 6. The lowest BCUT2D eigenvalue weighted by molar-refractivity contribution is -0.137. The number of piperazine rings is 1. The summed E-state index contributed by atoms with van der Waals surface area (Å²) in [5.41, 5.74) is 3.45. The molecule has 2 aromatic carbocycles.